The SMILES string of the molecule is CNc1nc(Cl)nc2c(NC)ncnc12. The van der Waals surface area contributed by atoms with Gasteiger partial charge >= 0.3 is 0 Å². The summed E-state index contributed by atoms with van der Waals surface area (Å²) in [7, 11) is 3.51. The molecule has 0 unspecified atom stereocenters. The number of aromatic nitrogens is 4. The van der Waals surface area contributed by atoms with E-state index in [0.29, 0.717) is 22.7 Å². The van der Waals surface area contributed by atoms with Crippen LogP contribution in [0, 0.1) is 0 Å². The van der Waals surface area contributed by atoms with Crippen molar-refractivity contribution in [3.05, 3.63) is 11.6 Å². The molecule has 0 saturated heterocycles. The zero-order valence-corrected chi connectivity index (χ0v) is 9.00. The van der Waals surface area contributed by atoms with E-state index in [2.05, 4.69) is 30.6 Å². The standard InChI is InChI=1S/C8H9ClN6/c1-10-6-5-4(12-3-13-6)7(11-2)15-8(9)14-5/h3H,1-2H3,(H,10,12,13)(H,11,14,15). The summed E-state index contributed by atoms with van der Waals surface area (Å²) in [5.74, 6) is 1.21. The number of rotatable bonds is 2. The minimum absolute atomic E-state index is 0.165. The Kier molecular flexibility index (Phi) is 2.51. The zero-order valence-electron chi connectivity index (χ0n) is 8.24. The molecule has 78 valence electrons. The highest BCUT2D eigenvalue weighted by molar-refractivity contribution is 6.28. The van der Waals surface area contributed by atoms with E-state index in [9.17, 15) is 0 Å². The van der Waals surface area contributed by atoms with E-state index < -0.39 is 0 Å². The van der Waals surface area contributed by atoms with Crippen LogP contribution in [0.2, 0.25) is 5.28 Å². The summed E-state index contributed by atoms with van der Waals surface area (Å²) in [6.07, 6.45) is 1.45. The van der Waals surface area contributed by atoms with Crippen molar-refractivity contribution in [2.24, 2.45) is 0 Å². The first-order valence-corrected chi connectivity index (χ1v) is 4.67. The summed E-state index contributed by atoms with van der Waals surface area (Å²) < 4.78 is 0. The number of anilines is 2. The predicted octanol–water partition coefficient (Wildman–Crippen LogP) is 1.16. The molecule has 6 nitrogen and oxygen atoms in total. The fourth-order valence-electron chi connectivity index (χ4n) is 1.28. The molecule has 0 bridgehead atoms. The Balaban J connectivity index is 2.82. The molecule has 0 radical (unpaired) electrons. The summed E-state index contributed by atoms with van der Waals surface area (Å²) >= 11 is 5.79. The Morgan fingerprint density at radius 2 is 1.73 bits per heavy atom. The lowest BCUT2D eigenvalue weighted by Gasteiger charge is -2.06. The molecule has 0 atom stereocenters. The van der Waals surface area contributed by atoms with Gasteiger partial charge in [0.25, 0.3) is 0 Å². The molecule has 0 saturated carbocycles. The number of fused-ring (bicyclic) bond motifs is 1. The molecule has 0 aliphatic heterocycles. The molecular formula is C8H9ClN6. The molecule has 0 spiro atoms. The van der Waals surface area contributed by atoms with Crippen molar-refractivity contribution in [3.8, 4) is 0 Å². The molecule has 0 aliphatic rings. The van der Waals surface area contributed by atoms with Crippen LogP contribution < -0.4 is 10.6 Å². The summed E-state index contributed by atoms with van der Waals surface area (Å²) in [5.41, 5.74) is 1.24. The quantitative estimate of drug-likeness (QED) is 0.746. The van der Waals surface area contributed by atoms with E-state index in [-0.39, 0.29) is 5.28 Å². The van der Waals surface area contributed by atoms with Crippen LogP contribution in [-0.4, -0.2) is 34.0 Å². The van der Waals surface area contributed by atoms with Crippen molar-refractivity contribution < 1.29 is 0 Å². The van der Waals surface area contributed by atoms with Crippen molar-refractivity contribution >= 4 is 34.3 Å². The summed E-state index contributed by atoms with van der Waals surface area (Å²) in [6, 6.07) is 0. The van der Waals surface area contributed by atoms with E-state index >= 15 is 0 Å². The van der Waals surface area contributed by atoms with Crippen LogP contribution in [0.25, 0.3) is 11.0 Å². The van der Waals surface area contributed by atoms with E-state index in [1.165, 1.54) is 6.33 Å². The smallest absolute Gasteiger partial charge is 0.225 e. The first kappa shape index (κ1) is 9.85. The second-order valence-corrected chi connectivity index (χ2v) is 3.10. The van der Waals surface area contributed by atoms with Crippen LogP contribution in [0.4, 0.5) is 11.6 Å². The van der Waals surface area contributed by atoms with Gasteiger partial charge in [-0.05, 0) is 11.6 Å². The maximum absolute atomic E-state index is 5.79. The van der Waals surface area contributed by atoms with Gasteiger partial charge in [0.15, 0.2) is 11.6 Å². The number of hydrogen-bond donors (Lipinski definition) is 2. The second kappa shape index (κ2) is 3.82. The third-order valence-corrected chi connectivity index (χ3v) is 2.10. The Morgan fingerprint density at radius 1 is 1.00 bits per heavy atom. The highest BCUT2D eigenvalue weighted by Gasteiger charge is 2.10. The molecule has 0 amide bonds. The number of nitrogens with zero attached hydrogens (tertiary/aromatic N) is 4. The summed E-state index contributed by atoms with van der Waals surface area (Å²) in [5, 5.41) is 5.99. The zero-order chi connectivity index (χ0) is 10.8. The summed E-state index contributed by atoms with van der Waals surface area (Å²) in [4.78, 5) is 16.2. The molecule has 2 rings (SSSR count). The Hall–Kier alpha value is -1.69. The first-order valence-electron chi connectivity index (χ1n) is 4.30. The van der Waals surface area contributed by atoms with Crippen molar-refractivity contribution in [2.45, 2.75) is 0 Å². The van der Waals surface area contributed by atoms with Gasteiger partial charge in [-0.3, -0.25) is 0 Å². The minimum atomic E-state index is 0.165. The number of halogens is 1. The molecular weight excluding hydrogens is 216 g/mol. The second-order valence-electron chi connectivity index (χ2n) is 2.76. The van der Waals surface area contributed by atoms with Crippen LogP contribution in [0.1, 0.15) is 0 Å². The molecule has 7 heteroatoms. The fraction of sp³-hybridized carbons (Fsp3) is 0.250. The number of nitrogens with one attached hydrogen (secondary N) is 2. The maximum Gasteiger partial charge on any atom is 0.225 e. The van der Waals surface area contributed by atoms with Gasteiger partial charge in [0.1, 0.15) is 17.4 Å². The molecule has 15 heavy (non-hydrogen) atoms. The summed E-state index contributed by atoms with van der Waals surface area (Å²) in [6.45, 7) is 0. The first-order chi connectivity index (χ1) is 7.26. The molecule has 2 aromatic heterocycles. The third-order valence-electron chi connectivity index (χ3n) is 1.93. The maximum atomic E-state index is 5.79. The van der Waals surface area contributed by atoms with Crippen molar-refractivity contribution in [2.75, 3.05) is 24.7 Å². The Labute approximate surface area is 91.1 Å². The van der Waals surface area contributed by atoms with Crippen molar-refractivity contribution in [3.63, 3.8) is 0 Å². The lowest BCUT2D eigenvalue weighted by Crippen LogP contribution is -2.02. The minimum Gasteiger partial charge on any atom is -0.371 e. The van der Waals surface area contributed by atoms with Gasteiger partial charge in [-0.1, -0.05) is 0 Å². The lowest BCUT2D eigenvalue weighted by atomic mass is 10.4. The highest BCUT2D eigenvalue weighted by Crippen LogP contribution is 2.23. The molecule has 0 aliphatic carbocycles. The average molecular weight is 225 g/mol. The highest BCUT2D eigenvalue weighted by atomic mass is 35.5. The molecule has 2 N–H and O–H groups in total. The van der Waals surface area contributed by atoms with Gasteiger partial charge < -0.3 is 10.6 Å². The van der Waals surface area contributed by atoms with Gasteiger partial charge in [0.05, 0.1) is 0 Å². The average Bonchev–Trinajstić information content (AvgIpc) is 2.27. The Bertz CT molecular complexity index is 500. The van der Waals surface area contributed by atoms with Gasteiger partial charge in [-0.15, -0.1) is 0 Å². The van der Waals surface area contributed by atoms with Crippen LogP contribution in [0.15, 0.2) is 6.33 Å². The van der Waals surface area contributed by atoms with Crippen LogP contribution in [0.5, 0.6) is 0 Å². The van der Waals surface area contributed by atoms with E-state index in [1.54, 1.807) is 14.1 Å². The Morgan fingerprint density at radius 3 is 2.40 bits per heavy atom. The van der Waals surface area contributed by atoms with E-state index in [1.807, 2.05) is 0 Å². The lowest BCUT2D eigenvalue weighted by molar-refractivity contribution is 1.14. The molecule has 2 aromatic rings. The van der Waals surface area contributed by atoms with Crippen molar-refractivity contribution in [1.29, 1.82) is 0 Å². The molecule has 2 heterocycles. The van der Waals surface area contributed by atoms with E-state index in [0.717, 1.165) is 0 Å². The molecule has 0 aromatic carbocycles. The number of hydrogen-bond acceptors (Lipinski definition) is 6. The van der Waals surface area contributed by atoms with Gasteiger partial charge in [0.2, 0.25) is 5.28 Å². The van der Waals surface area contributed by atoms with Gasteiger partial charge in [-0.2, -0.15) is 4.98 Å². The molecule has 0 fully saturated rings. The van der Waals surface area contributed by atoms with Crippen LogP contribution >= 0.6 is 11.6 Å². The largest absolute Gasteiger partial charge is 0.371 e. The van der Waals surface area contributed by atoms with Gasteiger partial charge in [-0.25, -0.2) is 15.0 Å². The fourth-order valence-corrected chi connectivity index (χ4v) is 1.45. The predicted molar refractivity (Wildman–Crippen MR) is 59.2 cm³/mol. The monoisotopic (exact) mass is 224 g/mol. The van der Waals surface area contributed by atoms with E-state index in [4.69, 9.17) is 11.6 Å². The van der Waals surface area contributed by atoms with Crippen molar-refractivity contribution in [1.82, 2.24) is 19.9 Å². The third kappa shape index (κ3) is 1.63. The topological polar surface area (TPSA) is 75.6 Å². The normalized spacial score (nSPS) is 10.3. The van der Waals surface area contributed by atoms with Crippen LogP contribution in [-0.2, 0) is 0 Å². The van der Waals surface area contributed by atoms with Gasteiger partial charge in [0, 0.05) is 14.1 Å². The van der Waals surface area contributed by atoms with Crippen LogP contribution in [0.3, 0.4) is 0 Å².